The number of hydrogen-bond acceptors (Lipinski definition) is 4. The lowest BCUT2D eigenvalue weighted by Gasteiger charge is -2.58. The van der Waals surface area contributed by atoms with Gasteiger partial charge in [-0.15, -0.1) is 0 Å². The van der Waals surface area contributed by atoms with Gasteiger partial charge in [-0.3, -0.25) is 19.2 Å². The van der Waals surface area contributed by atoms with Gasteiger partial charge in [0, 0.05) is 25.7 Å². The average molecular weight is 1570 g/mol. The fraction of sp³-hybridized carbons (Fsp3) is 0.820. The minimum atomic E-state index is 0.302. The Morgan fingerprint density at radius 1 is 0.400 bits per heavy atom. The van der Waals surface area contributed by atoms with E-state index in [1.54, 1.807) is 0 Å². The van der Waals surface area contributed by atoms with E-state index in [4.69, 9.17) is 0 Å². The molecular formula is C111H174O4. The molecule has 0 N–H and O–H groups in total. The van der Waals surface area contributed by atoms with Gasteiger partial charge in [0.25, 0.3) is 0 Å². The van der Waals surface area contributed by atoms with E-state index in [-0.39, 0.29) is 0 Å². The van der Waals surface area contributed by atoms with Crippen LogP contribution < -0.4 is 0 Å². The number of hydrogen-bond donors (Lipinski definition) is 0. The molecule has 28 atom stereocenters. The first-order valence-corrected chi connectivity index (χ1v) is 50.0. The topological polar surface area (TPSA) is 68.3 Å². The van der Waals surface area contributed by atoms with Crippen molar-refractivity contribution in [2.75, 3.05) is 0 Å². The van der Waals surface area contributed by atoms with E-state index in [0.29, 0.717) is 78.3 Å². The van der Waals surface area contributed by atoms with E-state index < -0.39 is 0 Å². The third-order valence-electron chi connectivity index (χ3n) is 40.8. The van der Waals surface area contributed by atoms with Crippen molar-refractivity contribution in [1.29, 1.82) is 0 Å². The van der Waals surface area contributed by atoms with Crippen LogP contribution in [-0.4, -0.2) is 23.1 Å². The van der Waals surface area contributed by atoms with Crippen molar-refractivity contribution in [2.45, 2.75) is 395 Å². The normalized spacial score (nSPS) is 43.0. The maximum Gasteiger partial charge on any atom is 0.155 e. The zero-order valence-corrected chi connectivity index (χ0v) is 78.2. The zero-order valence-electron chi connectivity index (χ0n) is 78.2. The summed E-state index contributed by atoms with van der Waals surface area (Å²) in [6.45, 7) is 57.9. The SMILES string of the molecule is C=C(CCC=C(C)C)[C@H]1CC[C@H]2[C@@H]3CCC4=CC(=O)CC[C@]4(C)[C@H]3CC[C@]12C.C=C(CC[C@@H](C)[C@H]1CC[C@H]2[C@@H]3CCC4=CC(=O)CC[C@]4(C)[C@H]3CC[C@]12C)C(C)C.CC(C)CCC[C@@H](C)[C@H]1CC[C@H]2[C@@H]3CCC4=CC(=O)CC[C@]4(C)[C@H]3CC[C@]12C.CC[C@H](/C=C/[C@@H](C)[C@H]1CC[C@H]2[C@@H]3CCC4=CC(=O)CC[C@]4(C)[C@H]3CC[C@]12C)C(C)C. The molecule has 0 aliphatic heterocycles. The predicted octanol–water partition coefficient (Wildman–Crippen LogP) is 30.8. The summed E-state index contributed by atoms with van der Waals surface area (Å²) in [5.74, 6) is 20.8. The van der Waals surface area contributed by atoms with Crippen LogP contribution in [0, 0.1) is 179 Å². The molecule has 0 bridgehead atoms. The van der Waals surface area contributed by atoms with Crippen LogP contribution in [0.1, 0.15) is 395 Å². The summed E-state index contributed by atoms with van der Waals surface area (Å²) in [6, 6.07) is 0. The van der Waals surface area contributed by atoms with Gasteiger partial charge in [-0.2, -0.15) is 0 Å². The van der Waals surface area contributed by atoms with Gasteiger partial charge in [0.05, 0.1) is 0 Å². The Bertz CT molecular complexity index is 3710. The highest BCUT2D eigenvalue weighted by molar-refractivity contribution is 5.93. The van der Waals surface area contributed by atoms with Gasteiger partial charge >= 0.3 is 0 Å². The summed E-state index contributed by atoms with van der Waals surface area (Å²) in [5, 5.41) is 0. The van der Waals surface area contributed by atoms with Crippen molar-refractivity contribution in [3.05, 3.63) is 94.7 Å². The highest BCUT2D eigenvalue weighted by Gasteiger charge is 2.65. The van der Waals surface area contributed by atoms with Crippen LogP contribution in [0.3, 0.4) is 0 Å². The first kappa shape index (κ1) is 89.4. The number of allylic oxidation sites excluding steroid dienone is 10. The van der Waals surface area contributed by atoms with Gasteiger partial charge in [-0.05, 0) is 429 Å². The molecule has 0 radical (unpaired) electrons. The maximum absolute atomic E-state index is 12.1. The summed E-state index contributed by atoms with van der Waals surface area (Å²) in [7, 11) is 0. The lowest BCUT2D eigenvalue weighted by Crippen LogP contribution is -2.51. The van der Waals surface area contributed by atoms with Gasteiger partial charge < -0.3 is 0 Å². The molecule has 0 unspecified atom stereocenters. The van der Waals surface area contributed by atoms with Gasteiger partial charge in [0.2, 0.25) is 0 Å². The van der Waals surface area contributed by atoms with Crippen LogP contribution >= 0.6 is 0 Å². The quantitative estimate of drug-likeness (QED) is 0.121. The van der Waals surface area contributed by atoms with Crippen molar-refractivity contribution in [1.82, 2.24) is 0 Å². The van der Waals surface area contributed by atoms with E-state index >= 15 is 0 Å². The van der Waals surface area contributed by atoms with Gasteiger partial charge in [-0.1, -0.05) is 214 Å². The van der Waals surface area contributed by atoms with E-state index in [0.717, 1.165) is 182 Å². The van der Waals surface area contributed by atoms with E-state index in [1.165, 1.54) is 238 Å². The van der Waals surface area contributed by atoms with E-state index in [1.807, 2.05) is 6.08 Å². The highest BCUT2D eigenvalue weighted by atomic mass is 16.1. The smallest absolute Gasteiger partial charge is 0.155 e. The summed E-state index contributed by atoms with van der Waals surface area (Å²) in [6.07, 6.45) is 66.4. The van der Waals surface area contributed by atoms with E-state index in [2.05, 4.69) is 188 Å². The second-order valence-corrected chi connectivity index (χ2v) is 47.4. The summed E-state index contributed by atoms with van der Waals surface area (Å²) >= 11 is 0. The van der Waals surface area contributed by atoms with Crippen molar-refractivity contribution < 1.29 is 19.2 Å². The molecular weight excluding hydrogens is 1400 g/mol. The Balaban J connectivity index is 0.000000134. The number of carbonyl (C=O) groups is 4. The summed E-state index contributed by atoms with van der Waals surface area (Å²) in [4.78, 5) is 48.1. The first-order valence-electron chi connectivity index (χ1n) is 50.0. The Labute approximate surface area is 707 Å². The second-order valence-electron chi connectivity index (χ2n) is 47.4. The van der Waals surface area contributed by atoms with Crippen LogP contribution in [-0.2, 0) is 19.2 Å². The van der Waals surface area contributed by atoms with Crippen LogP contribution in [0.25, 0.3) is 0 Å². The first-order chi connectivity index (χ1) is 54.4. The molecule has 0 heterocycles. The van der Waals surface area contributed by atoms with Gasteiger partial charge in [-0.25, -0.2) is 0 Å². The Kier molecular flexibility index (Phi) is 27.5. The summed E-state index contributed by atoms with van der Waals surface area (Å²) in [5.41, 5.74) is 13.8. The molecule has 4 heteroatoms. The second kappa shape index (κ2) is 35.4. The van der Waals surface area contributed by atoms with Crippen LogP contribution in [0.15, 0.2) is 94.7 Å². The van der Waals surface area contributed by atoms with Crippen molar-refractivity contribution in [2.24, 2.45) is 179 Å². The molecule has 115 heavy (non-hydrogen) atoms. The molecule has 12 fully saturated rings. The number of rotatable bonds is 19. The number of fused-ring (bicyclic) bond motifs is 20. The van der Waals surface area contributed by atoms with Gasteiger partial charge in [0.15, 0.2) is 23.1 Å². The molecule has 16 aliphatic carbocycles. The monoisotopic (exact) mass is 1570 g/mol. The third kappa shape index (κ3) is 17.0. The molecule has 0 aromatic carbocycles. The lowest BCUT2D eigenvalue weighted by atomic mass is 9.46. The molecule has 12 saturated carbocycles. The lowest BCUT2D eigenvalue weighted by molar-refractivity contribution is -0.118. The third-order valence-corrected chi connectivity index (χ3v) is 40.8. The standard InChI is InChI=1S/C29H46O.C28H44O.C27H44O.C27H40O/c1-7-21(19(2)3)9-8-20(4)25-12-13-26-24-11-10-22-18-23(30)14-16-28(22,5)27(24)15-17-29(25,26)6;1-18(2)19(3)7-8-20(4)24-11-12-25-23-10-9-21-17-22(29)13-15-27(21,5)26(23)14-16-28(24,25)6;2*1-18(2)7-6-8-19(3)23-11-12-24-22-10-9-20-17-21(28)13-15-26(20,4)25(22)14-16-27(23,24)5/h8-9,18-21,24-27H,7,10-17H2,1-6H3;17-18,20,23-26H,3,7-16H2,1-2,4-6H3;17-19,22-25H,6-16H2,1-5H3;7,17,22-25H,3,6,8-16H2,1-2,4-5H3/b9-8+;;;/t20-,21-,24+,25-,26+,27+,28+,29-;20-,23+,24-,25+,26+,27+,28-;19-,22+,23-,24+,25+,26+,27-;22-,23+,24-,25-,26-,27+/m1110/s1. The average Bonchev–Trinajstić information content (AvgIpc) is 1.67. The molecule has 4 nitrogen and oxygen atoms in total. The molecule has 0 spiro atoms. The zero-order chi connectivity index (χ0) is 82.9. The van der Waals surface area contributed by atoms with Crippen molar-refractivity contribution in [3.8, 4) is 0 Å². The van der Waals surface area contributed by atoms with Crippen LogP contribution in [0.2, 0.25) is 0 Å². The Morgan fingerprint density at radius 3 is 1.12 bits per heavy atom. The molecule has 0 aromatic heterocycles. The highest BCUT2D eigenvalue weighted by Crippen LogP contribution is 2.73. The fourth-order valence-corrected chi connectivity index (χ4v) is 33.7. The molecule has 642 valence electrons. The Hall–Kier alpha value is -3.40. The largest absolute Gasteiger partial charge is 0.295 e. The fourth-order valence-electron chi connectivity index (χ4n) is 33.7. The number of carbonyl (C=O) groups excluding carboxylic acids is 4. The molecule has 16 aliphatic rings. The molecule has 0 amide bonds. The predicted molar refractivity (Wildman–Crippen MR) is 486 cm³/mol. The molecule has 0 aromatic rings. The molecule has 0 saturated heterocycles. The number of ketones is 4. The maximum atomic E-state index is 12.1. The minimum Gasteiger partial charge on any atom is -0.295 e. The van der Waals surface area contributed by atoms with Crippen molar-refractivity contribution in [3.63, 3.8) is 0 Å². The Morgan fingerprint density at radius 2 is 0.757 bits per heavy atom. The summed E-state index contributed by atoms with van der Waals surface area (Å²) < 4.78 is 0. The van der Waals surface area contributed by atoms with Crippen molar-refractivity contribution >= 4 is 23.1 Å². The van der Waals surface area contributed by atoms with Crippen LogP contribution in [0.5, 0.6) is 0 Å². The minimum absolute atomic E-state index is 0.302. The molecule has 16 rings (SSSR count). The van der Waals surface area contributed by atoms with E-state index in [9.17, 15) is 19.2 Å². The van der Waals surface area contributed by atoms with Gasteiger partial charge in [0.1, 0.15) is 0 Å². The van der Waals surface area contributed by atoms with Crippen LogP contribution in [0.4, 0.5) is 0 Å².